The molecule has 1 heteroatoms. The quantitative estimate of drug-likeness (QED) is 0.451. The molecule has 1 aliphatic heterocycles. The van der Waals surface area contributed by atoms with Crippen LogP contribution in [0.25, 0.3) is 0 Å². The molecule has 2 aliphatic rings. The maximum Gasteiger partial charge on any atom is -0.00872 e. The topological polar surface area (TPSA) is 0 Å². The van der Waals surface area contributed by atoms with E-state index in [1.165, 1.54) is 19.0 Å². The summed E-state index contributed by atoms with van der Waals surface area (Å²) < 4.78 is 0. The first-order valence-electron chi connectivity index (χ1n) is 3.47. The van der Waals surface area contributed by atoms with Gasteiger partial charge in [-0.3, -0.25) is 0 Å². The largest absolute Gasteiger partial charge is 0.0820 e. The number of rotatable bonds is 0. The smallest absolute Gasteiger partial charge is 0.00872 e. The van der Waals surface area contributed by atoms with Crippen LogP contribution in [0, 0.1) is 0 Å². The maximum absolute atomic E-state index is 2.41. The molecule has 0 saturated heterocycles. The molecule has 0 bridgehead atoms. The van der Waals surface area contributed by atoms with Gasteiger partial charge in [-0.2, -0.15) is 0 Å². The van der Waals surface area contributed by atoms with Gasteiger partial charge in [-0.15, -0.1) is 0 Å². The lowest BCUT2D eigenvalue weighted by Crippen LogP contribution is -1.73. The minimum Gasteiger partial charge on any atom is -0.0820 e. The Morgan fingerprint density at radius 2 is 2.44 bits per heavy atom. The van der Waals surface area contributed by atoms with E-state index in [1.54, 1.807) is 10.9 Å². The van der Waals surface area contributed by atoms with Crippen molar-refractivity contribution in [1.82, 2.24) is 0 Å². The summed E-state index contributed by atoms with van der Waals surface area (Å²) in [4.78, 5) is 0. The van der Waals surface area contributed by atoms with Crippen molar-refractivity contribution in [2.24, 2.45) is 0 Å². The molecule has 48 valence electrons. The van der Waals surface area contributed by atoms with Gasteiger partial charge < -0.3 is 0 Å². The molecule has 0 spiro atoms. The third kappa shape index (κ3) is 0.773. The van der Waals surface area contributed by atoms with Crippen molar-refractivity contribution >= 4 is 7.92 Å². The lowest BCUT2D eigenvalue weighted by molar-refractivity contribution is 1.19. The first kappa shape index (κ1) is 5.68. The second-order valence-electron chi connectivity index (χ2n) is 2.75. The lowest BCUT2D eigenvalue weighted by Gasteiger charge is -2.03. The van der Waals surface area contributed by atoms with Crippen molar-refractivity contribution in [3.05, 3.63) is 23.0 Å². The molecular formula is C8H11P. The van der Waals surface area contributed by atoms with Crippen LogP contribution in [0.1, 0.15) is 12.8 Å². The van der Waals surface area contributed by atoms with Gasteiger partial charge in [0.2, 0.25) is 0 Å². The zero-order valence-corrected chi connectivity index (χ0v) is 6.62. The molecule has 0 fully saturated rings. The van der Waals surface area contributed by atoms with Crippen LogP contribution in [0.3, 0.4) is 0 Å². The minimum atomic E-state index is 0.312. The predicted octanol–water partition coefficient (Wildman–Crippen LogP) is 2.72. The minimum absolute atomic E-state index is 0.312. The molecule has 0 aromatic rings. The fourth-order valence-electron chi connectivity index (χ4n) is 1.59. The molecule has 1 atom stereocenters. The number of hydrogen-bond acceptors (Lipinski definition) is 0. The van der Waals surface area contributed by atoms with Crippen molar-refractivity contribution in [1.29, 1.82) is 0 Å². The predicted molar refractivity (Wildman–Crippen MR) is 43.1 cm³/mol. The fraction of sp³-hybridized carbons (Fsp3) is 0.500. The molecule has 1 heterocycles. The van der Waals surface area contributed by atoms with Gasteiger partial charge in [-0.1, -0.05) is 20.1 Å². The summed E-state index contributed by atoms with van der Waals surface area (Å²) in [6, 6.07) is 0. The highest BCUT2D eigenvalue weighted by molar-refractivity contribution is 7.61. The zero-order chi connectivity index (χ0) is 6.27. The Bertz CT molecular complexity index is 189. The summed E-state index contributed by atoms with van der Waals surface area (Å²) in [6.07, 6.45) is 8.74. The Morgan fingerprint density at radius 1 is 1.56 bits per heavy atom. The second-order valence-corrected chi connectivity index (χ2v) is 5.13. The Balaban J connectivity index is 2.31. The molecule has 2 rings (SSSR count). The molecule has 0 radical (unpaired) electrons. The molecule has 9 heavy (non-hydrogen) atoms. The van der Waals surface area contributed by atoms with Gasteiger partial charge in [0.15, 0.2) is 0 Å². The van der Waals surface area contributed by atoms with Gasteiger partial charge in [0.1, 0.15) is 0 Å². The highest BCUT2D eigenvalue weighted by Gasteiger charge is 2.21. The number of hydrogen-bond donors (Lipinski definition) is 0. The zero-order valence-electron chi connectivity index (χ0n) is 5.72. The molecule has 0 nitrogen and oxygen atoms in total. The second kappa shape index (κ2) is 1.95. The molecule has 1 unspecified atom stereocenters. The van der Waals surface area contributed by atoms with E-state index >= 15 is 0 Å². The van der Waals surface area contributed by atoms with E-state index in [1.807, 2.05) is 0 Å². The van der Waals surface area contributed by atoms with Gasteiger partial charge in [-0.25, -0.2) is 0 Å². The van der Waals surface area contributed by atoms with Crippen molar-refractivity contribution < 1.29 is 0 Å². The van der Waals surface area contributed by atoms with Gasteiger partial charge >= 0.3 is 0 Å². The van der Waals surface area contributed by atoms with Crippen molar-refractivity contribution in [3.8, 4) is 0 Å². The normalized spacial score (nSPS) is 31.9. The van der Waals surface area contributed by atoms with E-state index in [9.17, 15) is 0 Å². The van der Waals surface area contributed by atoms with Gasteiger partial charge in [0, 0.05) is 0 Å². The Hall–Kier alpha value is -0.0900. The molecular weight excluding hydrogens is 127 g/mol. The van der Waals surface area contributed by atoms with Crippen LogP contribution in [0.15, 0.2) is 23.0 Å². The van der Waals surface area contributed by atoms with E-state index in [0.717, 1.165) is 0 Å². The van der Waals surface area contributed by atoms with E-state index in [0.29, 0.717) is 7.92 Å². The monoisotopic (exact) mass is 138 g/mol. The molecule has 0 N–H and O–H groups in total. The molecule has 1 aliphatic carbocycles. The maximum atomic E-state index is 2.41. The molecule has 0 amide bonds. The summed E-state index contributed by atoms with van der Waals surface area (Å²) in [7, 11) is 0.312. The average Bonchev–Trinajstić information content (AvgIpc) is 2.35. The third-order valence-electron chi connectivity index (χ3n) is 2.18. The first-order chi connectivity index (χ1) is 4.38. The summed E-state index contributed by atoms with van der Waals surface area (Å²) in [6.45, 7) is 2.41. The van der Waals surface area contributed by atoms with Gasteiger partial charge in [0.05, 0.1) is 0 Å². The van der Waals surface area contributed by atoms with E-state index in [4.69, 9.17) is 0 Å². The van der Waals surface area contributed by atoms with Crippen LogP contribution in [-0.4, -0.2) is 12.8 Å². The van der Waals surface area contributed by atoms with Gasteiger partial charge in [0.25, 0.3) is 0 Å². The van der Waals surface area contributed by atoms with Crippen molar-refractivity contribution in [3.63, 3.8) is 0 Å². The lowest BCUT2D eigenvalue weighted by atomic mass is 10.2. The summed E-state index contributed by atoms with van der Waals surface area (Å²) in [5.74, 6) is 0. The highest BCUT2D eigenvalue weighted by atomic mass is 31.1. The van der Waals surface area contributed by atoms with Crippen LogP contribution >= 0.6 is 7.92 Å². The SMILES string of the molecule is CP1CCC2=C1CC=C2. The fourth-order valence-corrected chi connectivity index (χ4v) is 3.53. The third-order valence-corrected chi connectivity index (χ3v) is 4.46. The Labute approximate surface area is 57.4 Å². The van der Waals surface area contributed by atoms with Crippen molar-refractivity contribution in [2.45, 2.75) is 12.8 Å². The first-order valence-corrected chi connectivity index (χ1v) is 5.45. The van der Waals surface area contributed by atoms with E-state index < -0.39 is 0 Å². The Kier molecular flexibility index (Phi) is 1.23. The molecule has 0 saturated carbocycles. The highest BCUT2D eigenvalue weighted by Crippen LogP contribution is 2.54. The molecule has 0 aromatic heterocycles. The summed E-state index contributed by atoms with van der Waals surface area (Å²) in [5.41, 5.74) is 1.67. The number of allylic oxidation sites excluding steroid dienone is 4. The van der Waals surface area contributed by atoms with E-state index in [-0.39, 0.29) is 0 Å². The standard InChI is InChI=1S/C8H11P/c1-9-6-5-7-3-2-4-8(7)9/h2-3H,4-6H2,1H3. The van der Waals surface area contributed by atoms with Crippen LogP contribution < -0.4 is 0 Å². The molecule has 0 aromatic carbocycles. The Morgan fingerprint density at radius 3 is 3.22 bits per heavy atom. The summed E-state index contributed by atoms with van der Waals surface area (Å²) >= 11 is 0. The average molecular weight is 138 g/mol. The van der Waals surface area contributed by atoms with Crippen molar-refractivity contribution in [2.75, 3.05) is 12.8 Å². The van der Waals surface area contributed by atoms with E-state index in [2.05, 4.69) is 18.8 Å². The summed E-state index contributed by atoms with van der Waals surface area (Å²) in [5, 5.41) is 1.78. The van der Waals surface area contributed by atoms with Crippen LogP contribution in [0.5, 0.6) is 0 Å². The van der Waals surface area contributed by atoms with Crippen LogP contribution in [-0.2, 0) is 0 Å². The van der Waals surface area contributed by atoms with Gasteiger partial charge in [-0.05, 0) is 36.6 Å². The van der Waals surface area contributed by atoms with Crippen LogP contribution in [0.4, 0.5) is 0 Å². The van der Waals surface area contributed by atoms with Crippen LogP contribution in [0.2, 0.25) is 0 Å².